The smallest absolute Gasteiger partial charge is 0.435 e. The second kappa shape index (κ2) is 11.2. The molecule has 2 fully saturated rings. The minimum absolute atomic E-state index is 0.127. The number of carbonyl (C=O) groups excluding carboxylic acids is 1. The van der Waals surface area contributed by atoms with Crippen LogP contribution < -0.4 is 0 Å². The molecule has 2 aliphatic carbocycles. The van der Waals surface area contributed by atoms with Gasteiger partial charge in [0.1, 0.15) is 4.75 Å². The van der Waals surface area contributed by atoms with E-state index in [1.54, 1.807) is 12.1 Å². The molecule has 0 spiro atoms. The number of carbonyl (C=O) groups is 2. The van der Waals surface area contributed by atoms with Gasteiger partial charge in [0, 0.05) is 12.1 Å². The van der Waals surface area contributed by atoms with E-state index in [1.165, 1.54) is 12.1 Å². The molecule has 0 aromatic heterocycles. The lowest BCUT2D eigenvalue weighted by Crippen LogP contribution is -2.56. The van der Waals surface area contributed by atoms with Crippen LogP contribution in [0.2, 0.25) is 0 Å². The number of carboxylic acids is 1. The average molecular weight is 682 g/mol. The Kier molecular flexibility index (Phi) is 8.30. The lowest BCUT2D eigenvalue weighted by atomic mass is 9.76. The Bertz CT molecular complexity index is 1620. The van der Waals surface area contributed by atoms with Gasteiger partial charge in [0.25, 0.3) is 5.91 Å². The van der Waals surface area contributed by atoms with E-state index in [2.05, 4.69) is 0 Å². The Morgan fingerprint density at radius 2 is 1.50 bits per heavy atom. The quantitative estimate of drug-likeness (QED) is 0.342. The molecule has 1 saturated heterocycles. The zero-order valence-electron chi connectivity index (χ0n) is 24.5. The van der Waals surface area contributed by atoms with Crippen LogP contribution in [-0.4, -0.2) is 60.9 Å². The van der Waals surface area contributed by atoms with Crippen LogP contribution in [0.4, 0.5) is 35.1 Å². The largest absolute Gasteiger partial charge is 0.481 e. The van der Waals surface area contributed by atoms with Crippen molar-refractivity contribution in [3.63, 3.8) is 0 Å². The predicted molar refractivity (Wildman–Crippen MR) is 148 cm³/mol. The van der Waals surface area contributed by atoms with Crippen molar-refractivity contribution < 1.29 is 58.2 Å². The maximum Gasteiger partial charge on any atom is 0.435 e. The van der Waals surface area contributed by atoms with Crippen LogP contribution in [0.15, 0.2) is 47.4 Å². The third-order valence-electron chi connectivity index (χ3n) is 9.96. The number of rotatable bonds is 6. The number of hydrogen-bond acceptors (Lipinski definition) is 4. The maximum absolute atomic E-state index is 16.2. The van der Waals surface area contributed by atoms with Gasteiger partial charge in [-0.15, -0.1) is 0 Å². The molecule has 0 radical (unpaired) electrons. The summed E-state index contributed by atoms with van der Waals surface area (Å²) in [7, 11) is -4.57. The molecule has 15 heteroatoms. The van der Waals surface area contributed by atoms with E-state index < -0.39 is 80.5 Å². The molecule has 0 bridgehead atoms. The van der Waals surface area contributed by atoms with Crippen LogP contribution in [-0.2, 0) is 42.7 Å². The first-order chi connectivity index (χ1) is 21.2. The van der Waals surface area contributed by atoms with Gasteiger partial charge in [-0.05, 0) is 80.2 Å². The molecule has 1 aliphatic heterocycles. The molecule has 1 N–H and O–H groups in total. The van der Waals surface area contributed by atoms with Gasteiger partial charge < -0.3 is 10.0 Å². The fourth-order valence-corrected chi connectivity index (χ4v) is 9.75. The highest BCUT2D eigenvalue weighted by atomic mass is 32.2. The molecular weight excluding hydrogens is 650 g/mol. The van der Waals surface area contributed by atoms with Gasteiger partial charge in [0.15, 0.2) is 15.5 Å². The summed E-state index contributed by atoms with van der Waals surface area (Å²) in [6.07, 6.45) is -14.3. The lowest BCUT2D eigenvalue weighted by molar-refractivity contribution is -0.348. The number of benzene rings is 2. The molecule has 46 heavy (non-hydrogen) atoms. The van der Waals surface area contributed by atoms with Gasteiger partial charge in [-0.3, -0.25) is 9.59 Å². The van der Waals surface area contributed by atoms with Crippen LogP contribution in [0.5, 0.6) is 0 Å². The molecular formula is C31H31F8NO5S. The van der Waals surface area contributed by atoms with Crippen LogP contribution in [0, 0.1) is 5.92 Å². The monoisotopic (exact) mass is 681 g/mol. The van der Waals surface area contributed by atoms with Gasteiger partial charge >= 0.3 is 24.0 Å². The number of alkyl halides is 8. The van der Waals surface area contributed by atoms with Crippen molar-refractivity contribution in [2.75, 3.05) is 6.54 Å². The lowest BCUT2D eigenvalue weighted by Gasteiger charge is -2.44. The third kappa shape index (κ3) is 4.98. The molecule has 2 aromatic rings. The number of sulfone groups is 1. The minimum atomic E-state index is -6.38. The molecule has 5 rings (SSSR count). The number of halogens is 8. The van der Waals surface area contributed by atoms with Gasteiger partial charge in [0.05, 0.1) is 16.9 Å². The number of aryl methyl sites for hydroxylation is 2. The van der Waals surface area contributed by atoms with Crippen molar-refractivity contribution in [3.8, 4) is 0 Å². The van der Waals surface area contributed by atoms with E-state index in [0.29, 0.717) is 12.5 Å². The molecule has 252 valence electrons. The molecule has 2 unspecified atom stereocenters. The van der Waals surface area contributed by atoms with Crippen LogP contribution in [0.1, 0.15) is 67.7 Å². The second-order valence-corrected chi connectivity index (χ2v) is 14.5. The zero-order chi connectivity index (χ0) is 34.1. The summed E-state index contributed by atoms with van der Waals surface area (Å²) in [5.74, 6) is -3.03. The Hall–Kier alpha value is -3.23. The van der Waals surface area contributed by atoms with E-state index in [1.807, 2.05) is 6.92 Å². The normalized spacial score (nSPS) is 27.2. The summed E-state index contributed by atoms with van der Waals surface area (Å²) in [4.78, 5) is 26.0. The van der Waals surface area contributed by atoms with Crippen LogP contribution in [0.3, 0.4) is 0 Å². The summed E-state index contributed by atoms with van der Waals surface area (Å²) >= 11 is 0. The van der Waals surface area contributed by atoms with E-state index >= 15 is 8.78 Å². The van der Waals surface area contributed by atoms with E-state index in [4.69, 9.17) is 0 Å². The second-order valence-electron chi connectivity index (χ2n) is 12.3. The number of amides is 1. The van der Waals surface area contributed by atoms with Crippen molar-refractivity contribution in [1.29, 1.82) is 0 Å². The minimum Gasteiger partial charge on any atom is -0.481 e. The van der Waals surface area contributed by atoms with Crippen LogP contribution in [0.25, 0.3) is 0 Å². The number of aliphatic carboxylic acids is 1. The summed E-state index contributed by atoms with van der Waals surface area (Å²) in [5, 5.41) is 9.30. The topological polar surface area (TPSA) is 91.8 Å². The SMILES string of the molecule is CCc1ccc(S(=O)(=O)C23CCN(C(=O)C4(F)CCC(C(=O)O)CC4)C2CCc2cc(C(F)(C(F)(F)F)C(F)(F)F)ccc23)cc1. The fourth-order valence-electron chi connectivity index (χ4n) is 7.38. The molecule has 2 aromatic carbocycles. The van der Waals surface area contributed by atoms with Crippen molar-refractivity contribution in [2.45, 2.75) is 97.7 Å². The van der Waals surface area contributed by atoms with E-state index in [-0.39, 0.29) is 60.7 Å². The third-order valence-corrected chi connectivity index (χ3v) is 12.5. The molecule has 2 atom stereocenters. The Morgan fingerprint density at radius 1 is 0.913 bits per heavy atom. The van der Waals surface area contributed by atoms with E-state index in [0.717, 1.165) is 16.5 Å². The van der Waals surface area contributed by atoms with E-state index in [9.17, 15) is 49.5 Å². The first kappa shape index (κ1) is 34.1. The highest BCUT2D eigenvalue weighted by Crippen LogP contribution is 2.57. The molecule has 1 amide bonds. The number of hydrogen-bond donors (Lipinski definition) is 1. The Balaban J connectivity index is 1.64. The maximum atomic E-state index is 16.2. The van der Waals surface area contributed by atoms with Crippen molar-refractivity contribution in [1.82, 2.24) is 4.90 Å². The van der Waals surface area contributed by atoms with Gasteiger partial charge in [-0.2, -0.15) is 26.3 Å². The first-order valence-electron chi connectivity index (χ1n) is 14.8. The summed E-state index contributed by atoms with van der Waals surface area (Å²) < 4.78 is 140. The van der Waals surface area contributed by atoms with Crippen molar-refractivity contribution in [3.05, 3.63) is 64.7 Å². The van der Waals surface area contributed by atoms with Gasteiger partial charge in [-0.25, -0.2) is 17.2 Å². The number of carboxylic acid groups (broad SMARTS) is 1. The number of likely N-dealkylation sites (tertiary alicyclic amines) is 1. The fraction of sp³-hybridized carbons (Fsp3) is 0.548. The highest BCUT2D eigenvalue weighted by molar-refractivity contribution is 7.92. The number of nitrogens with zero attached hydrogens (tertiary/aromatic N) is 1. The predicted octanol–water partition coefficient (Wildman–Crippen LogP) is 6.74. The first-order valence-corrected chi connectivity index (χ1v) is 16.3. The Labute approximate surface area is 259 Å². The summed E-state index contributed by atoms with van der Waals surface area (Å²) in [6.45, 7) is 1.53. The molecule has 6 nitrogen and oxygen atoms in total. The average Bonchev–Trinajstić information content (AvgIpc) is 3.40. The Morgan fingerprint density at radius 3 is 2.02 bits per heavy atom. The molecule has 1 saturated carbocycles. The number of fused-ring (bicyclic) bond motifs is 3. The standard InChI is InChI=1S/C31H31F8NO5S/c1-2-18-3-7-22(8-4-18)46(44,45)28-15-16-40(26(43)27(32)13-11-19(12-14-27)25(41)42)24(28)10-5-20-17-21(6-9-23(20)28)29(33,30(34,35)36)31(37,38)39/h3-4,6-9,17,19,24H,2,5,10-16H2,1H3,(H,41,42). The zero-order valence-corrected chi connectivity index (χ0v) is 25.3. The van der Waals surface area contributed by atoms with Gasteiger partial charge in [-0.1, -0.05) is 37.3 Å². The molecule has 3 aliphatic rings. The summed E-state index contributed by atoms with van der Waals surface area (Å²) in [6, 6.07) is 5.87. The van der Waals surface area contributed by atoms with Crippen molar-refractivity contribution >= 4 is 21.7 Å². The van der Waals surface area contributed by atoms with Crippen LogP contribution >= 0.6 is 0 Å². The summed E-state index contributed by atoms with van der Waals surface area (Å²) in [5.41, 5.74) is -9.65. The molecule has 1 heterocycles. The highest BCUT2D eigenvalue weighted by Gasteiger charge is 2.74. The van der Waals surface area contributed by atoms with Gasteiger partial charge in [0.2, 0.25) is 0 Å². The van der Waals surface area contributed by atoms with Crippen molar-refractivity contribution in [2.24, 2.45) is 5.92 Å².